The molecule has 0 saturated heterocycles. The third-order valence-electron chi connectivity index (χ3n) is 7.17. The maximum Gasteiger partial charge on any atom is 0.264 e. The molecule has 2 amide bonds. The van der Waals surface area contributed by atoms with Gasteiger partial charge in [0.25, 0.3) is 10.0 Å². The van der Waals surface area contributed by atoms with Crippen molar-refractivity contribution in [3.8, 4) is 11.5 Å². The van der Waals surface area contributed by atoms with Gasteiger partial charge in [0.2, 0.25) is 11.8 Å². The van der Waals surface area contributed by atoms with Gasteiger partial charge in [0.05, 0.1) is 24.8 Å². The summed E-state index contributed by atoms with van der Waals surface area (Å²) in [7, 11) is -1.33. The third-order valence-corrected chi connectivity index (χ3v) is 9.18. The van der Waals surface area contributed by atoms with E-state index in [1.807, 2.05) is 33.8 Å². The highest BCUT2D eigenvalue weighted by Crippen LogP contribution is 2.35. The molecule has 232 valence electrons. The first kappa shape index (κ1) is 33.7. The summed E-state index contributed by atoms with van der Waals surface area (Å²) in [6.07, 6.45) is 1.02. The smallest absolute Gasteiger partial charge is 0.264 e. The van der Waals surface area contributed by atoms with Gasteiger partial charge in [0.15, 0.2) is 0 Å². The number of hydrogen-bond acceptors (Lipinski definition) is 6. The Labute approximate surface area is 259 Å². The Balaban J connectivity index is 2.14. The molecule has 0 radical (unpaired) electrons. The van der Waals surface area contributed by atoms with E-state index in [4.69, 9.17) is 21.1 Å². The number of methoxy groups -OCH3 is 2. The van der Waals surface area contributed by atoms with Crippen LogP contribution in [0.4, 0.5) is 5.69 Å². The maximum atomic E-state index is 14.3. The van der Waals surface area contributed by atoms with E-state index in [-0.39, 0.29) is 39.8 Å². The number of amides is 2. The van der Waals surface area contributed by atoms with Crippen LogP contribution in [0.15, 0.2) is 71.6 Å². The van der Waals surface area contributed by atoms with Gasteiger partial charge in [-0.15, -0.1) is 0 Å². The first-order valence-corrected chi connectivity index (χ1v) is 15.9. The molecule has 0 aliphatic rings. The molecule has 0 aromatic heterocycles. The van der Waals surface area contributed by atoms with Gasteiger partial charge in [0, 0.05) is 17.6 Å². The van der Waals surface area contributed by atoms with Gasteiger partial charge in [0.1, 0.15) is 24.1 Å². The summed E-state index contributed by atoms with van der Waals surface area (Å²) in [4.78, 5) is 29.2. The summed E-state index contributed by atoms with van der Waals surface area (Å²) < 4.78 is 40.1. The maximum absolute atomic E-state index is 14.3. The monoisotopic (exact) mass is 629 g/mol. The minimum Gasteiger partial charge on any atom is -0.497 e. The van der Waals surface area contributed by atoms with E-state index in [1.54, 1.807) is 49.6 Å². The molecule has 2 atom stereocenters. The lowest BCUT2D eigenvalue weighted by atomic mass is 10.1. The minimum atomic E-state index is -4.28. The second-order valence-corrected chi connectivity index (χ2v) is 12.6. The molecule has 43 heavy (non-hydrogen) atoms. The Kier molecular flexibility index (Phi) is 11.9. The fraction of sp³-hybridized carbons (Fsp3) is 0.375. The topological polar surface area (TPSA) is 105 Å². The fourth-order valence-electron chi connectivity index (χ4n) is 4.54. The van der Waals surface area contributed by atoms with E-state index in [1.165, 1.54) is 30.2 Å². The van der Waals surface area contributed by atoms with Crippen molar-refractivity contribution in [2.24, 2.45) is 0 Å². The number of benzene rings is 3. The molecule has 0 aliphatic heterocycles. The zero-order chi connectivity index (χ0) is 31.7. The van der Waals surface area contributed by atoms with Gasteiger partial charge in [-0.25, -0.2) is 8.42 Å². The number of carbonyl (C=O) groups is 2. The summed E-state index contributed by atoms with van der Waals surface area (Å²) in [5, 5.41) is 3.23. The average molecular weight is 630 g/mol. The van der Waals surface area contributed by atoms with Crippen LogP contribution in [0.2, 0.25) is 5.02 Å². The van der Waals surface area contributed by atoms with Crippen LogP contribution in [0, 0.1) is 6.92 Å². The molecule has 11 heteroatoms. The van der Waals surface area contributed by atoms with Crippen molar-refractivity contribution < 1.29 is 27.5 Å². The predicted octanol–water partition coefficient (Wildman–Crippen LogP) is 5.58. The molecule has 3 rings (SSSR count). The number of carbonyl (C=O) groups excluding carboxylic acids is 2. The average Bonchev–Trinajstić information content (AvgIpc) is 2.99. The Morgan fingerprint density at radius 2 is 1.65 bits per heavy atom. The molecular weight excluding hydrogens is 590 g/mol. The number of aryl methyl sites for hydroxylation is 1. The van der Waals surface area contributed by atoms with Gasteiger partial charge in [-0.1, -0.05) is 55.3 Å². The third kappa shape index (κ3) is 8.42. The molecule has 9 nitrogen and oxygen atoms in total. The molecule has 0 heterocycles. The van der Waals surface area contributed by atoms with Crippen LogP contribution >= 0.6 is 11.6 Å². The van der Waals surface area contributed by atoms with Gasteiger partial charge in [-0.2, -0.15) is 0 Å². The molecule has 3 aromatic carbocycles. The van der Waals surface area contributed by atoms with E-state index in [0.717, 1.165) is 15.4 Å². The predicted molar refractivity (Wildman–Crippen MR) is 169 cm³/mol. The summed E-state index contributed by atoms with van der Waals surface area (Å²) >= 11 is 6.31. The molecule has 1 N–H and O–H groups in total. The molecular formula is C32H40ClN3O6S. The normalized spacial score (nSPS) is 12.6. The zero-order valence-electron chi connectivity index (χ0n) is 25.5. The highest BCUT2D eigenvalue weighted by molar-refractivity contribution is 7.92. The number of sulfonamides is 1. The Bertz CT molecular complexity index is 1510. The van der Waals surface area contributed by atoms with Crippen LogP contribution in [0.5, 0.6) is 11.5 Å². The van der Waals surface area contributed by atoms with E-state index >= 15 is 0 Å². The molecule has 0 aliphatic carbocycles. The van der Waals surface area contributed by atoms with Crippen molar-refractivity contribution in [2.45, 2.75) is 64.1 Å². The zero-order valence-corrected chi connectivity index (χ0v) is 27.0. The van der Waals surface area contributed by atoms with Crippen LogP contribution in [0.3, 0.4) is 0 Å². The minimum absolute atomic E-state index is 0.00571. The van der Waals surface area contributed by atoms with Crippen molar-refractivity contribution in [1.29, 1.82) is 0 Å². The van der Waals surface area contributed by atoms with E-state index in [0.29, 0.717) is 18.6 Å². The Hall–Kier alpha value is -3.76. The van der Waals surface area contributed by atoms with Crippen molar-refractivity contribution >= 4 is 39.1 Å². The second-order valence-electron chi connectivity index (χ2n) is 10.3. The highest BCUT2D eigenvalue weighted by atomic mass is 35.5. The molecule has 3 aromatic rings. The Morgan fingerprint density at radius 3 is 2.26 bits per heavy atom. The largest absolute Gasteiger partial charge is 0.497 e. The van der Waals surface area contributed by atoms with Gasteiger partial charge in [-0.3, -0.25) is 13.9 Å². The molecule has 0 spiro atoms. The second kappa shape index (κ2) is 15.1. The fourth-order valence-corrected chi connectivity index (χ4v) is 6.12. The summed E-state index contributed by atoms with van der Waals surface area (Å²) in [5.41, 5.74) is 1.70. The summed E-state index contributed by atoms with van der Waals surface area (Å²) in [6.45, 7) is 6.95. The number of halogens is 1. The highest BCUT2D eigenvalue weighted by Gasteiger charge is 2.35. The molecule has 0 fully saturated rings. The first-order valence-electron chi connectivity index (χ1n) is 14.1. The summed E-state index contributed by atoms with van der Waals surface area (Å²) in [5.74, 6) is -0.0870. The summed E-state index contributed by atoms with van der Waals surface area (Å²) in [6, 6.07) is 17.1. The Morgan fingerprint density at radius 1 is 0.953 bits per heavy atom. The molecule has 0 unspecified atom stereocenters. The number of ether oxygens (including phenoxy) is 2. The van der Waals surface area contributed by atoms with Crippen LogP contribution in [0.1, 0.15) is 44.7 Å². The molecule has 0 saturated carbocycles. The van der Waals surface area contributed by atoms with Crippen molar-refractivity contribution in [2.75, 3.05) is 25.1 Å². The number of rotatable bonds is 14. The van der Waals surface area contributed by atoms with Crippen molar-refractivity contribution in [1.82, 2.24) is 10.2 Å². The van der Waals surface area contributed by atoms with Crippen molar-refractivity contribution in [3.63, 3.8) is 0 Å². The van der Waals surface area contributed by atoms with Crippen molar-refractivity contribution in [3.05, 3.63) is 82.9 Å². The standard InChI is InChI=1S/C32H40ClN3O6S/c1-7-23(4)34-32(38)28(8-2)35(20-24-10-9-11-26(18-24)41-5)31(37)21-36(29-19-25(33)14-17-30(29)42-6)43(39,40)27-15-12-22(3)13-16-27/h9-19,23,28H,7-8,20-21H2,1-6H3,(H,34,38)/t23-,28+/m0/s1. The van der Waals surface area contributed by atoms with E-state index in [9.17, 15) is 18.0 Å². The number of anilines is 1. The molecule has 0 bridgehead atoms. The number of nitrogens with one attached hydrogen (secondary N) is 1. The lowest BCUT2D eigenvalue weighted by Gasteiger charge is -2.34. The van der Waals surface area contributed by atoms with E-state index < -0.39 is 28.5 Å². The quantitative estimate of drug-likeness (QED) is 0.250. The van der Waals surface area contributed by atoms with Gasteiger partial charge in [-0.05, 0) is 74.7 Å². The number of nitrogens with zero attached hydrogens (tertiary/aromatic N) is 2. The lowest BCUT2D eigenvalue weighted by Crippen LogP contribution is -2.53. The number of hydrogen-bond donors (Lipinski definition) is 1. The van der Waals surface area contributed by atoms with Crippen LogP contribution < -0.4 is 19.1 Å². The SMILES string of the molecule is CC[C@H](C(=O)N[C@@H](C)CC)N(Cc1cccc(OC)c1)C(=O)CN(c1cc(Cl)ccc1OC)S(=O)(=O)c1ccc(C)cc1. The first-order chi connectivity index (χ1) is 20.4. The lowest BCUT2D eigenvalue weighted by molar-refractivity contribution is -0.140. The van der Waals surface area contributed by atoms with Gasteiger partial charge < -0.3 is 19.7 Å². The van der Waals surface area contributed by atoms with Crippen LogP contribution in [-0.4, -0.2) is 58.0 Å². The van der Waals surface area contributed by atoms with Gasteiger partial charge >= 0.3 is 0 Å². The van der Waals surface area contributed by atoms with Crippen LogP contribution in [-0.2, 0) is 26.2 Å². The van der Waals surface area contributed by atoms with Crippen LogP contribution in [0.25, 0.3) is 0 Å². The van der Waals surface area contributed by atoms with E-state index in [2.05, 4.69) is 5.32 Å².